The van der Waals surface area contributed by atoms with Gasteiger partial charge in [0.15, 0.2) is 0 Å². The van der Waals surface area contributed by atoms with Gasteiger partial charge in [-0.15, -0.1) is 0 Å². The minimum absolute atomic E-state index is 0.0266. The Balaban J connectivity index is 3.49. The number of ether oxygens (including phenoxy) is 1. The molecule has 0 aromatic heterocycles. The van der Waals surface area contributed by atoms with Crippen molar-refractivity contribution in [1.82, 2.24) is 5.32 Å². The van der Waals surface area contributed by atoms with Gasteiger partial charge >= 0.3 is 5.97 Å². The van der Waals surface area contributed by atoms with Gasteiger partial charge in [-0.3, -0.25) is 9.59 Å². The van der Waals surface area contributed by atoms with Crippen LogP contribution in [0.1, 0.15) is 341 Å². The zero-order chi connectivity index (χ0) is 50.0. The van der Waals surface area contributed by atoms with E-state index in [4.69, 9.17) is 4.74 Å². The van der Waals surface area contributed by atoms with E-state index < -0.39 is 12.1 Å². The normalized spacial score (nSPS) is 12.7. The number of rotatable bonds is 58. The van der Waals surface area contributed by atoms with Crippen molar-refractivity contribution in [1.29, 1.82) is 0 Å². The van der Waals surface area contributed by atoms with E-state index in [0.717, 1.165) is 57.8 Å². The van der Waals surface area contributed by atoms with Crippen LogP contribution in [0, 0.1) is 0 Å². The molecule has 69 heavy (non-hydrogen) atoms. The smallest absolute Gasteiger partial charge is 0.305 e. The van der Waals surface area contributed by atoms with E-state index in [9.17, 15) is 19.8 Å². The van der Waals surface area contributed by atoms with Crippen LogP contribution < -0.4 is 5.32 Å². The molecule has 1 amide bonds. The predicted molar refractivity (Wildman–Crippen MR) is 301 cm³/mol. The summed E-state index contributed by atoms with van der Waals surface area (Å²) in [5, 5.41) is 23.2. The molecule has 0 bridgehead atoms. The number of hydrogen-bond donors (Lipinski definition) is 3. The summed E-state index contributed by atoms with van der Waals surface area (Å²) in [6.07, 6.45) is 72.1. The lowest BCUT2D eigenvalue weighted by Gasteiger charge is -2.20. The molecule has 0 heterocycles. The van der Waals surface area contributed by atoms with Gasteiger partial charge in [0, 0.05) is 12.8 Å². The third-order valence-corrected chi connectivity index (χ3v) is 14.5. The van der Waals surface area contributed by atoms with E-state index in [1.165, 1.54) is 257 Å². The van der Waals surface area contributed by atoms with Gasteiger partial charge in [0.05, 0.1) is 25.4 Å². The van der Waals surface area contributed by atoms with E-state index in [0.29, 0.717) is 19.4 Å². The van der Waals surface area contributed by atoms with Crippen molar-refractivity contribution in [2.75, 3.05) is 13.2 Å². The van der Waals surface area contributed by atoms with E-state index in [1.807, 2.05) is 6.08 Å². The number of carbonyl (C=O) groups excluding carboxylic acids is 2. The van der Waals surface area contributed by atoms with Crippen LogP contribution in [0.15, 0.2) is 24.3 Å². The Labute approximate surface area is 431 Å². The van der Waals surface area contributed by atoms with E-state index in [1.54, 1.807) is 6.08 Å². The van der Waals surface area contributed by atoms with Crippen LogP contribution in [-0.2, 0) is 14.3 Å². The fourth-order valence-corrected chi connectivity index (χ4v) is 9.69. The maximum absolute atomic E-state index is 12.5. The summed E-state index contributed by atoms with van der Waals surface area (Å²) >= 11 is 0. The molecule has 3 N–H and O–H groups in total. The van der Waals surface area contributed by atoms with Gasteiger partial charge in [0.2, 0.25) is 5.91 Å². The molecular formula is C63H121NO5. The molecule has 408 valence electrons. The Hall–Kier alpha value is -1.66. The molecule has 0 aliphatic heterocycles. The van der Waals surface area contributed by atoms with Gasteiger partial charge in [-0.2, -0.15) is 0 Å². The Morgan fingerprint density at radius 3 is 1.03 bits per heavy atom. The Kier molecular flexibility index (Phi) is 57.5. The number of allylic oxidation sites excluding steroid dienone is 3. The minimum Gasteiger partial charge on any atom is -0.466 e. The van der Waals surface area contributed by atoms with Crippen molar-refractivity contribution >= 4 is 11.9 Å². The largest absolute Gasteiger partial charge is 0.466 e. The third-order valence-electron chi connectivity index (χ3n) is 14.5. The number of aliphatic hydroxyl groups excluding tert-OH is 2. The van der Waals surface area contributed by atoms with Gasteiger partial charge in [-0.25, -0.2) is 0 Å². The van der Waals surface area contributed by atoms with E-state index >= 15 is 0 Å². The molecule has 0 aliphatic carbocycles. The molecule has 0 saturated carbocycles. The molecule has 0 spiro atoms. The number of nitrogens with one attached hydrogen (secondary N) is 1. The van der Waals surface area contributed by atoms with Crippen LogP contribution in [0.5, 0.6) is 0 Å². The number of unbranched alkanes of at least 4 members (excludes halogenated alkanes) is 45. The van der Waals surface area contributed by atoms with Crippen molar-refractivity contribution in [3.05, 3.63) is 24.3 Å². The summed E-state index contributed by atoms with van der Waals surface area (Å²) in [4.78, 5) is 24.6. The fourth-order valence-electron chi connectivity index (χ4n) is 9.69. The zero-order valence-electron chi connectivity index (χ0n) is 46.6. The van der Waals surface area contributed by atoms with Crippen LogP contribution in [0.3, 0.4) is 0 Å². The molecule has 0 aromatic rings. The Morgan fingerprint density at radius 2 is 0.681 bits per heavy atom. The molecule has 6 nitrogen and oxygen atoms in total. The lowest BCUT2D eigenvalue weighted by molar-refractivity contribution is -0.143. The maximum Gasteiger partial charge on any atom is 0.305 e. The highest BCUT2D eigenvalue weighted by Crippen LogP contribution is 2.17. The first-order chi connectivity index (χ1) is 34.0. The zero-order valence-corrected chi connectivity index (χ0v) is 46.6. The number of amides is 1. The number of aliphatic hydroxyl groups is 2. The van der Waals surface area contributed by atoms with E-state index in [2.05, 4.69) is 31.3 Å². The highest BCUT2D eigenvalue weighted by Gasteiger charge is 2.18. The quantitative estimate of drug-likeness (QED) is 0.0321. The number of esters is 1. The molecule has 0 aliphatic rings. The predicted octanol–water partition coefficient (Wildman–Crippen LogP) is 19.4. The Bertz CT molecular complexity index is 1080. The number of carbonyl (C=O) groups is 2. The summed E-state index contributed by atoms with van der Waals surface area (Å²) < 4.78 is 5.48. The topological polar surface area (TPSA) is 95.9 Å². The SMILES string of the molecule is CCCCCCCC/C=C\CCCCCCCCCCCC(=O)OCCCCCCCCCCCC(=O)NC(CO)C(O)/C=C/CCCCCCCCCCCCCCCCCCCCCCCC. The molecule has 2 unspecified atom stereocenters. The highest BCUT2D eigenvalue weighted by molar-refractivity contribution is 5.76. The van der Waals surface area contributed by atoms with Gasteiger partial charge in [0.1, 0.15) is 0 Å². The first kappa shape index (κ1) is 67.3. The summed E-state index contributed by atoms with van der Waals surface area (Å²) in [5.41, 5.74) is 0. The molecule has 0 saturated heterocycles. The van der Waals surface area contributed by atoms with Gasteiger partial charge < -0.3 is 20.3 Å². The summed E-state index contributed by atoms with van der Waals surface area (Å²) in [6.45, 7) is 4.86. The van der Waals surface area contributed by atoms with Crippen LogP contribution >= 0.6 is 0 Å². The maximum atomic E-state index is 12.5. The molecule has 2 atom stereocenters. The average Bonchev–Trinajstić information content (AvgIpc) is 3.35. The summed E-state index contributed by atoms with van der Waals surface area (Å²) in [5.74, 6) is -0.118. The molecule has 6 heteroatoms. The standard InChI is InChI=1S/C63H121NO5/c1-3-5-7-9-11-13-15-17-19-21-23-24-25-26-27-29-30-32-34-36-39-43-47-51-55-61(66)60(59-65)64-62(67)56-52-48-44-40-38-42-46-50-54-58-69-63(68)57-53-49-45-41-37-35-33-31-28-22-20-18-16-14-12-10-8-6-4-2/h18,20,51,55,60-61,65-66H,3-17,19,21-50,52-54,56-59H2,1-2H3,(H,64,67)/b20-18-,55-51+. The van der Waals surface area contributed by atoms with Crippen LogP contribution in [0.4, 0.5) is 0 Å². The van der Waals surface area contributed by atoms with Crippen LogP contribution in [0.25, 0.3) is 0 Å². The van der Waals surface area contributed by atoms with Crippen molar-refractivity contribution in [2.45, 2.75) is 353 Å². The lowest BCUT2D eigenvalue weighted by atomic mass is 10.0. The fraction of sp³-hybridized carbons (Fsp3) is 0.905. The van der Waals surface area contributed by atoms with Crippen LogP contribution in [-0.4, -0.2) is 47.4 Å². The van der Waals surface area contributed by atoms with Gasteiger partial charge in [-0.1, -0.05) is 295 Å². The van der Waals surface area contributed by atoms with Crippen LogP contribution in [0.2, 0.25) is 0 Å². The second-order valence-corrected chi connectivity index (χ2v) is 21.4. The molecule has 0 radical (unpaired) electrons. The summed E-state index contributed by atoms with van der Waals surface area (Å²) in [6, 6.07) is -0.649. The first-order valence-corrected chi connectivity index (χ1v) is 31.1. The molecule has 0 rings (SSSR count). The third kappa shape index (κ3) is 55.5. The van der Waals surface area contributed by atoms with E-state index in [-0.39, 0.29) is 18.5 Å². The molecule has 0 fully saturated rings. The lowest BCUT2D eigenvalue weighted by Crippen LogP contribution is -2.45. The molecule has 0 aromatic carbocycles. The first-order valence-electron chi connectivity index (χ1n) is 31.1. The minimum atomic E-state index is -0.863. The monoisotopic (exact) mass is 972 g/mol. The van der Waals surface area contributed by atoms with Crippen molar-refractivity contribution in [2.24, 2.45) is 0 Å². The number of hydrogen-bond acceptors (Lipinski definition) is 5. The Morgan fingerprint density at radius 1 is 0.391 bits per heavy atom. The summed E-state index contributed by atoms with van der Waals surface area (Å²) in [7, 11) is 0. The average molecular weight is 973 g/mol. The second kappa shape index (κ2) is 58.9. The van der Waals surface area contributed by atoms with Crippen molar-refractivity contribution < 1.29 is 24.5 Å². The second-order valence-electron chi connectivity index (χ2n) is 21.4. The molecular weight excluding hydrogens is 851 g/mol. The van der Waals surface area contributed by atoms with Crippen molar-refractivity contribution in [3.63, 3.8) is 0 Å². The highest BCUT2D eigenvalue weighted by atomic mass is 16.5. The van der Waals surface area contributed by atoms with Crippen molar-refractivity contribution in [3.8, 4) is 0 Å². The van der Waals surface area contributed by atoms with Gasteiger partial charge in [-0.05, 0) is 57.8 Å². The van der Waals surface area contributed by atoms with Gasteiger partial charge in [0.25, 0.3) is 0 Å².